The third kappa shape index (κ3) is 4.54. The lowest BCUT2D eigenvalue weighted by atomic mass is 10.1. The van der Waals surface area contributed by atoms with Gasteiger partial charge in [-0.2, -0.15) is 0 Å². The molecule has 6 heteroatoms. The molecule has 0 spiro atoms. The molecule has 27 heavy (non-hydrogen) atoms. The molecule has 3 rings (SSSR count). The summed E-state index contributed by atoms with van der Waals surface area (Å²) in [5.41, 5.74) is 3.52. The first kappa shape index (κ1) is 18.7. The van der Waals surface area contributed by atoms with Crippen molar-refractivity contribution in [3.8, 4) is 0 Å². The van der Waals surface area contributed by atoms with E-state index < -0.39 is 10.0 Å². The molecular weight excluding hydrogens is 360 g/mol. The van der Waals surface area contributed by atoms with Crippen LogP contribution < -0.4 is 10.0 Å². The molecule has 0 heterocycles. The highest BCUT2D eigenvalue weighted by molar-refractivity contribution is 7.92. The van der Waals surface area contributed by atoms with E-state index in [0.717, 1.165) is 11.1 Å². The average molecular weight is 380 g/mol. The van der Waals surface area contributed by atoms with Crippen molar-refractivity contribution < 1.29 is 13.2 Å². The fourth-order valence-corrected chi connectivity index (χ4v) is 3.64. The quantitative estimate of drug-likeness (QED) is 0.691. The summed E-state index contributed by atoms with van der Waals surface area (Å²) in [6.45, 7) is 3.80. The van der Waals surface area contributed by atoms with E-state index in [2.05, 4.69) is 10.0 Å². The second kappa shape index (κ2) is 7.63. The lowest BCUT2D eigenvalue weighted by Gasteiger charge is -2.10. The molecule has 0 atom stereocenters. The van der Waals surface area contributed by atoms with Gasteiger partial charge < -0.3 is 5.32 Å². The van der Waals surface area contributed by atoms with E-state index in [1.54, 1.807) is 36.4 Å². The van der Waals surface area contributed by atoms with E-state index >= 15 is 0 Å². The monoisotopic (exact) mass is 380 g/mol. The first-order valence-corrected chi connectivity index (χ1v) is 9.90. The molecule has 0 aliphatic heterocycles. The molecule has 0 aliphatic carbocycles. The Bertz CT molecular complexity index is 1060. The van der Waals surface area contributed by atoms with Crippen molar-refractivity contribution in [1.82, 2.24) is 0 Å². The number of hydrogen-bond acceptors (Lipinski definition) is 3. The molecule has 0 bridgehead atoms. The van der Waals surface area contributed by atoms with Gasteiger partial charge in [0.1, 0.15) is 0 Å². The molecule has 0 saturated carbocycles. The van der Waals surface area contributed by atoms with Crippen molar-refractivity contribution in [2.24, 2.45) is 0 Å². The highest BCUT2D eigenvalue weighted by Gasteiger charge is 2.15. The van der Waals surface area contributed by atoms with Crippen molar-refractivity contribution in [2.75, 3.05) is 10.0 Å². The van der Waals surface area contributed by atoms with Crippen LogP contribution in [0.4, 0.5) is 11.4 Å². The number of sulfonamides is 1. The lowest BCUT2D eigenvalue weighted by molar-refractivity contribution is 0.102. The summed E-state index contributed by atoms with van der Waals surface area (Å²) in [5.74, 6) is -0.235. The van der Waals surface area contributed by atoms with Gasteiger partial charge in [0.05, 0.1) is 4.90 Å². The fraction of sp³-hybridized carbons (Fsp3) is 0.0952. The molecule has 3 aromatic carbocycles. The van der Waals surface area contributed by atoms with Crippen LogP contribution in [0.2, 0.25) is 0 Å². The van der Waals surface area contributed by atoms with Crippen LogP contribution >= 0.6 is 0 Å². The molecule has 0 saturated heterocycles. The predicted octanol–water partition coefficient (Wildman–Crippen LogP) is 4.36. The third-order valence-corrected chi connectivity index (χ3v) is 5.51. The van der Waals surface area contributed by atoms with Gasteiger partial charge in [-0.05, 0) is 61.9 Å². The van der Waals surface area contributed by atoms with E-state index in [1.807, 2.05) is 38.1 Å². The zero-order valence-corrected chi connectivity index (χ0v) is 15.9. The lowest BCUT2D eigenvalue weighted by Crippen LogP contribution is -2.14. The topological polar surface area (TPSA) is 75.3 Å². The second-order valence-electron chi connectivity index (χ2n) is 6.26. The summed E-state index contributed by atoms with van der Waals surface area (Å²) in [6, 6.07) is 20.4. The Hall–Kier alpha value is -3.12. The van der Waals surface area contributed by atoms with Crippen LogP contribution in [0.5, 0.6) is 0 Å². The van der Waals surface area contributed by atoms with Gasteiger partial charge in [-0.3, -0.25) is 9.52 Å². The molecule has 3 aromatic rings. The maximum atomic E-state index is 12.5. The first-order valence-electron chi connectivity index (χ1n) is 8.42. The standard InChI is InChI=1S/C21H20N2O3S/c1-15-7-9-18(10-8-15)23-27(25,26)19-13-11-17(12-14-19)22-21(24)20-6-4-3-5-16(20)2/h3-14,23H,1-2H3,(H,22,24). The van der Waals surface area contributed by atoms with Crippen molar-refractivity contribution in [3.05, 3.63) is 89.5 Å². The second-order valence-corrected chi connectivity index (χ2v) is 7.95. The first-order chi connectivity index (χ1) is 12.8. The summed E-state index contributed by atoms with van der Waals surface area (Å²) in [6.07, 6.45) is 0. The van der Waals surface area contributed by atoms with Crippen molar-refractivity contribution >= 4 is 27.3 Å². The Balaban J connectivity index is 1.73. The third-order valence-electron chi connectivity index (χ3n) is 4.12. The van der Waals surface area contributed by atoms with Crippen LogP contribution in [-0.4, -0.2) is 14.3 Å². The number of amides is 1. The van der Waals surface area contributed by atoms with E-state index in [1.165, 1.54) is 12.1 Å². The minimum Gasteiger partial charge on any atom is -0.322 e. The summed E-state index contributed by atoms with van der Waals surface area (Å²) in [4.78, 5) is 12.5. The number of rotatable bonds is 5. The highest BCUT2D eigenvalue weighted by atomic mass is 32.2. The Labute approximate surface area is 159 Å². The fourth-order valence-electron chi connectivity index (χ4n) is 2.58. The van der Waals surface area contributed by atoms with Crippen LogP contribution in [0, 0.1) is 13.8 Å². The smallest absolute Gasteiger partial charge is 0.261 e. The van der Waals surface area contributed by atoms with Gasteiger partial charge in [-0.15, -0.1) is 0 Å². The zero-order chi connectivity index (χ0) is 19.4. The van der Waals surface area contributed by atoms with Gasteiger partial charge in [-0.1, -0.05) is 35.9 Å². The average Bonchev–Trinajstić information content (AvgIpc) is 2.64. The summed E-state index contributed by atoms with van der Waals surface area (Å²) >= 11 is 0. The van der Waals surface area contributed by atoms with E-state index in [0.29, 0.717) is 16.9 Å². The minimum atomic E-state index is -3.69. The largest absolute Gasteiger partial charge is 0.322 e. The normalized spacial score (nSPS) is 11.0. The molecule has 0 aliphatic rings. The van der Waals surface area contributed by atoms with Crippen molar-refractivity contribution in [2.45, 2.75) is 18.7 Å². The molecule has 0 unspecified atom stereocenters. The van der Waals surface area contributed by atoms with Gasteiger partial charge in [0.2, 0.25) is 0 Å². The van der Waals surface area contributed by atoms with Gasteiger partial charge in [0, 0.05) is 16.9 Å². The number of benzene rings is 3. The van der Waals surface area contributed by atoms with Gasteiger partial charge in [-0.25, -0.2) is 8.42 Å². The van der Waals surface area contributed by atoms with Gasteiger partial charge in [0.25, 0.3) is 15.9 Å². The van der Waals surface area contributed by atoms with Crippen LogP contribution in [0.3, 0.4) is 0 Å². The van der Waals surface area contributed by atoms with Crippen LogP contribution in [0.25, 0.3) is 0 Å². The Kier molecular flexibility index (Phi) is 5.28. The number of anilines is 2. The number of hydrogen-bond donors (Lipinski definition) is 2. The number of carbonyl (C=O) groups excluding carboxylic acids is 1. The molecule has 5 nitrogen and oxygen atoms in total. The SMILES string of the molecule is Cc1ccc(NS(=O)(=O)c2ccc(NC(=O)c3ccccc3C)cc2)cc1. The number of nitrogens with one attached hydrogen (secondary N) is 2. The Morgan fingerprint density at radius 3 is 2.00 bits per heavy atom. The maximum Gasteiger partial charge on any atom is 0.261 e. The van der Waals surface area contributed by atoms with Crippen LogP contribution in [0.1, 0.15) is 21.5 Å². The molecule has 0 aromatic heterocycles. The van der Waals surface area contributed by atoms with Crippen molar-refractivity contribution in [3.63, 3.8) is 0 Å². The van der Waals surface area contributed by atoms with Crippen LogP contribution in [-0.2, 0) is 10.0 Å². The van der Waals surface area contributed by atoms with E-state index in [-0.39, 0.29) is 10.8 Å². The molecule has 0 fully saturated rings. The summed E-state index contributed by atoms with van der Waals surface area (Å²) < 4.78 is 27.5. The summed E-state index contributed by atoms with van der Waals surface area (Å²) in [5, 5.41) is 2.78. The highest BCUT2D eigenvalue weighted by Crippen LogP contribution is 2.19. The Morgan fingerprint density at radius 1 is 0.778 bits per heavy atom. The summed E-state index contributed by atoms with van der Waals surface area (Å²) in [7, 11) is -3.69. The zero-order valence-electron chi connectivity index (χ0n) is 15.1. The molecule has 0 radical (unpaired) electrons. The van der Waals surface area contributed by atoms with E-state index in [4.69, 9.17) is 0 Å². The van der Waals surface area contributed by atoms with Gasteiger partial charge >= 0.3 is 0 Å². The molecule has 138 valence electrons. The minimum absolute atomic E-state index is 0.122. The molecule has 2 N–H and O–H groups in total. The number of aryl methyl sites for hydroxylation is 2. The predicted molar refractivity (Wildman–Crippen MR) is 108 cm³/mol. The van der Waals surface area contributed by atoms with Crippen molar-refractivity contribution in [1.29, 1.82) is 0 Å². The molecule has 1 amide bonds. The molecular formula is C21H20N2O3S. The van der Waals surface area contributed by atoms with Crippen LogP contribution in [0.15, 0.2) is 77.7 Å². The maximum absolute atomic E-state index is 12.5. The van der Waals surface area contributed by atoms with Gasteiger partial charge in [0.15, 0.2) is 0 Å². The Morgan fingerprint density at radius 2 is 1.37 bits per heavy atom. The van der Waals surface area contributed by atoms with E-state index in [9.17, 15) is 13.2 Å². The number of carbonyl (C=O) groups is 1.